The van der Waals surface area contributed by atoms with Gasteiger partial charge < -0.3 is 24.2 Å². The second-order valence-corrected chi connectivity index (χ2v) is 22.6. The first-order valence-corrected chi connectivity index (χ1v) is 33.6. The first kappa shape index (κ1) is 76.4. The van der Waals surface area contributed by atoms with E-state index in [0.29, 0.717) is 19.3 Å². The fraction of sp³-hybridized carbons (Fsp3) is 0.721. The third-order valence-electron chi connectivity index (χ3n) is 13.5. The lowest BCUT2D eigenvalue weighted by Crippen LogP contribution is -2.30. The lowest BCUT2D eigenvalue weighted by atomic mass is 10.0. The SMILES string of the molecule is CC/C=C\C/C=C\C/C=C\C/C=C\C/C=C\CCCCCC(=O)OC(COC(=O)CCCCCCCCCCCCCCCCCCC)COP(=O)(O)OCC(CO)OC(=O)CCCCCCCCC/C=C\C/C=C\C/C=C\CC. The Morgan fingerprint density at radius 1 is 0.362 bits per heavy atom. The molecule has 11 nitrogen and oxygen atoms in total. The molecule has 3 unspecified atom stereocenters. The Labute approximate surface area is 489 Å². The molecule has 0 aromatic rings. The summed E-state index contributed by atoms with van der Waals surface area (Å²) < 4.78 is 39.7. The zero-order valence-electron chi connectivity index (χ0n) is 51.0. The molecule has 0 aromatic carbocycles. The van der Waals surface area contributed by atoms with Crippen molar-refractivity contribution in [2.75, 3.05) is 26.4 Å². The number of unbranched alkanes of at least 4 members (excludes halogenated alkanes) is 26. The van der Waals surface area contributed by atoms with Crippen LogP contribution in [-0.4, -0.2) is 66.5 Å². The Hall–Kier alpha value is -3.60. The van der Waals surface area contributed by atoms with Crippen LogP contribution in [0.3, 0.4) is 0 Å². The summed E-state index contributed by atoms with van der Waals surface area (Å²) in [4.78, 5) is 48.8. The minimum absolute atomic E-state index is 0.126. The van der Waals surface area contributed by atoms with E-state index in [4.69, 9.17) is 23.3 Å². The molecule has 0 spiro atoms. The van der Waals surface area contributed by atoms with Crippen molar-refractivity contribution < 1.29 is 52.2 Å². The molecule has 80 heavy (non-hydrogen) atoms. The molecule has 0 aliphatic rings. The van der Waals surface area contributed by atoms with Crippen LogP contribution >= 0.6 is 7.82 Å². The van der Waals surface area contributed by atoms with Crippen molar-refractivity contribution >= 4 is 25.7 Å². The zero-order valence-corrected chi connectivity index (χ0v) is 51.9. The number of hydrogen-bond donors (Lipinski definition) is 2. The normalized spacial score (nSPS) is 13.9. The van der Waals surface area contributed by atoms with Crippen LogP contribution in [0.25, 0.3) is 0 Å². The highest BCUT2D eigenvalue weighted by molar-refractivity contribution is 7.47. The van der Waals surface area contributed by atoms with Crippen LogP contribution in [0.1, 0.15) is 278 Å². The Balaban J connectivity index is 4.76. The Kier molecular flexibility index (Phi) is 58.7. The van der Waals surface area contributed by atoms with E-state index in [1.165, 1.54) is 96.3 Å². The van der Waals surface area contributed by atoms with Crippen molar-refractivity contribution in [3.8, 4) is 0 Å². The third-order valence-corrected chi connectivity index (χ3v) is 14.5. The zero-order chi connectivity index (χ0) is 58.3. The molecular weight excluding hydrogens is 1020 g/mol. The fourth-order valence-electron chi connectivity index (χ4n) is 8.69. The van der Waals surface area contributed by atoms with E-state index in [1.54, 1.807) is 0 Å². The summed E-state index contributed by atoms with van der Waals surface area (Å²) in [6, 6.07) is 0. The number of ether oxygens (including phenoxy) is 3. The molecule has 12 heteroatoms. The molecule has 460 valence electrons. The van der Waals surface area contributed by atoms with E-state index in [1.807, 2.05) is 0 Å². The predicted molar refractivity (Wildman–Crippen MR) is 334 cm³/mol. The standard InChI is InChI=1S/C68H117O11P/c1-4-7-10-13-16-19-22-25-28-31-32-35-38-41-44-47-50-53-56-59-68(72)79-65(61-75-66(70)57-54-51-48-45-42-39-36-33-29-26-23-20-17-14-11-8-5-2)63-77-80(73,74)76-62-64(60-69)78-67(71)58-55-52-49-46-43-40-37-34-30-27-24-21-18-15-12-9-6-3/h7,9-10,12,16,18-19,21,25,27-28,30,32,35,41,44,64-65,69H,4-6,8,11,13-15,17,20,22-24,26,29,31,33-34,36-40,42-43,45-63H2,1-3H3,(H,73,74)/b10-7-,12-9-,19-16-,21-18-,28-25-,30-27-,35-32-,44-41-. The van der Waals surface area contributed by atoms with Gasteiger partial charge >= 0.3 is 25.7 Å². The van der Waals surface area contributed by atoms with Crippen LogP contribution in [0, 0.1) is 0 Å². The van der Waals surface area contributed by atoms with Gasteiger partial charge in [-0.25, -0.2) is 4.57 Å². The molecule has 0 fully saturated rings. The minimum atomic E-state index is -4.77. The van der Waals surface area contributed by atoms with E-state index in [9.17, 15) is 28.9 Å². The summed E-state index contributed by atoms with van der Waals surface area (Å²) in [6.07, 6.45) is 73.6. The lowest BCUT2D eigenvalue weighted by Gasteiger charge is -2.21. The van der Waals surface area contributed by atoms with Gasteiger partial charge in [-0.3, -0.25) is 23.4 Å². The highest BCUT2D eigenvalue weighted by Crippen LogP contribution is 2.43. The molecule has 2 N–H and O–H groups in total. The number of phosphoric ester groups is 1. The highest BCUT2D eigenvalue weighted by atomic mass is 31.2. The topological polar surface area (TPSA) is 155 Å². The Morgan fingerprint density at radius 2 is 0.650 bits per heavy atom. The largest absolute Gasteiger partial charge is 0.472 e. The fourth-order valence-corrected chi connectivity index (χ4v) is 9.48. The molecule has 0 rings (SSSR count). The number of hydrogen-bond acceptors (Lipinski definition) is 10. The number of aliphatic hydroxyl groups excluding tert-OH is 1. The molecule has 0 radical (unpaired) electrons. The molecule has 0 bridgehead atoms. The number of esters is 3. The number of allylic oxidation sites excluding steroid dienone is 16. The molecule has 0 aliphatic carbocycles. The van der Waals surface area contributed by atoms with Gasteiger partial charge in [0, 0.05) is 19.3 Å². The van der Waals surface area contributed by atoms with Crippen molar-refractivity contribution in [2.45, 2.75) is 290 Å². The van der Waals surface area contributed by atoms with Gasteiger partial charge in [-0.15, -0.1) is 0 Å². The molecule has 0 amide bonds. The van der Waals surface area contributed by atoms with E-state index < -0.39 is 57.8 Å². The first-order valence-electron chi connectivity index (χ1n) is 32.1. The maximum absolute atomic E-state index is 13.0. The summed E-state index contributed by atoms with van der Waals surface area (Å²) in [5.41, 5.74) is 0. The number of aliphatic hydroxyl groups is 1. The smallest absolute Gasteiger partial charge is 0.462 e. The molecule has 0 aliphatic heterocycles. The van der Waals surface area contributed by atoms with Crippen molar-refractivity contribution in [1.29, 1.82) is 0 Å². The van der Waals surface area contributed by atoms with Crippen LogP contribution in [0.4, 0.5) is 0 Å². The number of carbonyl (C=O) groups is 3. The second-order valence-electron chi connectivity index (χ2n) is 21.2. The molecule has 0 heterocycles. The van der Waals surface area contributed by atoms with E-state index in [2.05, 4.69) is 118 Å². The Morgan fingerprint density at radius 3 is 1.01 bits per heavy atom. The lowest BCUT2D eigenvalue weighted by molar-refractivity contribution is -0.161. The van der Waals surface area contributed by atoms with Gasteiger partial charge in [0.05, 0.1) is 19.8 Å². The summed E-state index contributed by atoms with van der Waals surface area (Å²) >= 11 is 0. The van der Waals surface area contributed by atoms with Gasteiger partial charge in [-0.1, -0.05) is 259 Å². The van der Waals surface area contributed by atoms with Crippen LogP contribution in [0.5, 0.6) is 0 Å². The molecule has 0 saturated heterocycles. The summed E-state index contributed by atoms with van der Waals surface area (Å²) in [6.45, 7) is 4.41. The summed E-state index contributed by atoms with van der Waals surface area (Å²) in [7, 11) is -4.77. The first-order chi connectivity index (χ1) is 39.2. The number of phosphoric acid groups is 1. The molecular formula is C68H117O11P. The van der Waals surface area contributed by atoms with Gasteiger partial charge in [0.1, 0.15) is 12.7 Å². The molecule has 0 saturated carbocycles. The monoisotopic (exact) mass is 1140 g/mol. The highest BCUT2D eigenvalue weighted by Gasteiger charge is 2.28. The van der Waals surface area contributed by atoms with Gasteiger partial charge in [0.15, 0.2) is 6.10 Å². The number of rotatable bonds is 59. The number of carbonyl (C=O) groups excluding carboxylic acids is 3. The quantitative estimate of drug-likeness (QED) is 0.0197. The molecule has 3 atom stereocenters. The van der Waals surface area contributed by atoms with E-state index in [0.717, 1.165) is 122 Å². The van der Waals surface area contributed by atoms with Crippen LogP contribution in [0.15, 0.2) is 97.2 Å². The summed E-state index contributed by atoms with van der Waals surface area (Å²) in [5, 5.41) is 9.85. The van der Waals surface area contributed by atoms with Crippen molar-refractivity contribution in [3.05, 3.63) is 97.2 Å². The van der Waals surface area contributed by atoms with Crippen LogP contribution in [-0.2, 0) is 42.2 Å². The predicted octanol–water partition coefficient (Wildman–Crippen LogP) is 19.6. The van der Waals surface area contributed by atoms with Crippen molar-refractivity contribution in [3.63, 3.8) is 0 Å². The average molecular weight is 1140 g/mol. The van der Waals surface area contributed by atoms with Gasteiger partial charge in [-0.05, 0) is 96.3 Å². The van der Waals surface area contributed by atoms with Crippen LogP contribution in [0.2, 0.25) is 0 Å². The van der Waals surface area contributed by atoms with Gasteiger partial charge in [-0.2, -0.15) is 0 Å². The van der Waals surface area contributed by atoms with E-state index >= 15 is 0 Å². The van der Waals surface area contributed by atoms with Crippen molar-refractivity contribution in [1.82, 2.24) is 0 Å². The average Bonchev–Trinajstić information content (AvgIpc) is 3.45. The minimum Gasteiger partial charge on any atom is -0.462 e. The maximum atomic E-state index is 13.0. The third kappa shape index (κ3) is 59.0. The van der Waals surface area contributed by atoms with Gasteiger partial charge in [0.25, 0.3) is 0 Å². The van der Waals surface area contributed by atoms with Crippen LogP contribution < -0.4 is 0 Å². The van der Waals surface area contributed by atoms with Gasteiger partial charge in [0.2, 0.25) is 0 Å². The second kappa shape index (κ2) is 61.5. The summed E-state index contributed by atoms with van der Waals surface area (Å²) in [5.74, 6) is -1.51. The Bertz CT molecular complexity index is 1710. The maximum Gasteiger partial charge on any atom is 0.472 e. The van der Waals surface area contributed by atoms with Crippen molar-refractivity contribution in [2.24, 2.45) is 0 Å². The molecule has 0 aromatic heterocycles. The van der Waals surface area contributed by atoms with E-state index in [-0.39, 0.29) is 25.9 Å².